The fourth-order valence-corrected chi connectivity index (χ4v) is 1.28. The first-order valence-corrected chi connectivity index (χ1v) is 3.72. The summed E-state index contributed by atoms with van der Waals surface area (Å²) in [5.74, 6) is -0.202. The summed E-state index contributed by atoms with van der Waals surface area (Å²) in [4.78, 5) is 14.8. The van der Waals surface area contributed by atoms with Crippen LogP contribution in [-0.2, 0) is 0 Å². The molecule has 1 aromatic rings. The molecule has 0 saturated carbocycles. The van der Waals surface area contributed by atoms with E-state index < -0.39 is 0 Å². The monoisotopic (exact) mass is 160 g/mol. The normalized spacial score (nSPS) is 20.8. The summed E-state index contributed by atoms with van der Waals surface area (Å²) in [6.45, 7) is 0. The maximum atomic E-state index is 11.2. The number of aliphatic imine (C=N–C) groups is 1. The highest BCUT2D eigenvalue weighted by Gasteiger charge is 2.17. The first kappa shape index (κ1) is 7.18. The van der Waals surface area contributed by atoms with Gasteiger partial charge >= 0.3 is 0 Å². The largest absolute Gasteiger partial charge is 0.319 e. The number of carbonyl (C=O) groups is 1. The third-order valence-corrected chi connectivity index (χ3v) is 1.90. The molecule has 1 aliphatic heterocycles. The topological polar surface area (TPSA) is 55.4 Å². The van der Waals surface area contributed by atoms with Crippen molar-refractivity contribution in [2.45, 2.75) is 6.04 Å². The summed E-state index contributed by atoms with van der Waals surface area (Å²) in [5.41, 5.74) is 7.18. The molecule has 1 unspecified atom stereocenters. The summed E-state index contributed by atoms with van der Waals surface area (Å²) in [6, 6.07) is 7.03. The number of nitrogens with zero attached hydrogens (tertiary/aromatic N) is 1. The van der Waals surface area contributed by atoms with Gasteiger partial charge in [-0.3, -0.25) is 4.79 Å². The molecule has 1 aliphatic rings. The fourth-order valence-electron chi connectivity index (χ4n) is 1.28. The van der Waals surface area contributed by atoms with Crippen LogP contribution in [0, 0.1) is 0 Å². The van der Waals surface area contributed by atoms with E-state index >= 15 is 0 Å². The van der Waals surface area contributed by atoms with Crippen molar-refractivity contribution in [3.63, 3.8) is 0 Å². The summed E-state index contributed by atoms with van der Waals surface area (Å²) in [6.07, 6.45) is 1.48. The molecule has 0 radical (unpaired) electrons. The van der Waals surface area contributed by atoms with E-state index in [-0.39, 0.29) is 11.9 Å². The van der Waals surface area contributed by atoms with Gasteiger partial charge in [-0.25, -0.2) is 4.99 Å². The molecule has 0 aromatic heterocycles. The van der Waals surface area contributed by atoms with Crippen molar-refractivity contribution in [2.75, 3.05) is 0 Å². The second-order valence-corrected chi connectivity index (χ2v) is 2.70. The van der Waals surface area contributed by atoms with Gasteiger partial charge in [0.25, 0.3) is 5.91 Å². The third kappa shape index (κ3) is 0.950. The zero-order valence-electron chi connectivity index (χ0n) is 6.40. The van der Waals surface area contributed by atoms with Gasteiger partial charge in [-0.1, -0.05) is 18.2 Å². The van der Waals surface area contributed by atoms with Crippen LogP contribution in [0.15, 0.2) is 29.3 Å². The SMILES string of the molecule is NC1C=NC(=O)c2ccccc21. The molecule has 0 spiro atoms. The van der Waals surface area contributed by atoms with E-state index in [1.54, 1.807) is 6.07 Å². The van der Waals surface area contributed by atoms with E-state index in [0.717, 1.165) is 5.56 Å². The molecule has 1 aromatic carbocycles. The average molecular weight is 160 g/mol. The minimum atomic E-state index is -0.237. The van der Waals surface area contributed by atoms with Gasteiger partial charge < -0.3 is 5.73 Å². The molecule has 1 heterocycles. The Kier molecular flexibility index (Phi) is 1.52. The van der Waals surface area contributed by atoms with Crippen LogP contribution >= 0.6 is 0 Å². The fraction of sp³-hybridized carbons (Fsp3) is 0.111. The first-order valence-electron chi connectivity index (χ1n) is 3.72. The summed E-state index contributed by atoms with van der Waals surface area (Å²) in [7, 11) is 0. The van der Waals surface area contributed by atoms with Crippen LogP contribution in [0.4, 0.5) is 0 Å². The Morgan fingerprint density at radius 3 is 2.83 bits per heavy atom. The van der Waals surface area contributed by atoms with Gasteiger partial charge in [-0.2, -0.15) is 0 Å². The van der Waals surface area contributed by atoms with Gasteiger partial charge in [0.15, 0.2) is 0 Å². The molecule has 0 aliphatic carbocycles. The highest BCUT2D eigenvalue weighted by molar-refractivity contribution is 6.04. The molecule has 3 heteroatoms. The summed E-state index contributed by atoms with van der Waals surface area (Å²) in [5, 5.41) is 0. The molecule has 1 atom stereocenters. The quantitative estimate of drug-likeness (QED) is 0.613. The lowest BCUT2D eigenvalue weighted by molar-refractivity contribution is 0.1000. The Balaban J connectivity index is 2.61. The maximum Gasteiger partial charge on any atom is 0.277 e. The van der Waals surface area contributed by atoms with Crippen LogP contribution in [0.1, 0.15) is 22.0 Å². The van der Waals surface area contributed by atoms with Gasteiger partial charge in [0, 0.05) is 11.8 Å². The standard InChI is InChI=1S/C9H8N2O/c10-8-5-11-9(12)7-4-2-1-3-6(7)8/h1-5,8H,10H2. The van der Waals surface area contributed by atoms with Crippen LogP contribution in [0.25, 0.3) is 0 Å². The van der Waals surface area contributed by atoms with Crippen molar-refractivity contribution in [2.24, 2.45) is 10.7 Å². The molecule has 0 bridgehead atoms. The van der Waals surface area contributed by atoms with Crippen LogP contribution in [-0.4, -0.2) is 12.1 Å². The number of rotatable bonds is 0. The van der Waals surface area contributed by atoms with Crippen molar-refractivity contribution >= 4 is 12.1 Å². The predicted octanol–water partition coefficient (Wildman–Crippen LogP) is 0.911. The summed E-state index contributed by atoms with van der Waals surface area (Å²) < 4.78 is 0. The Morgan fingerprint density at radius 1 is 1.33 bits per heavy atom. The summed E-state index contributed by atoms with van der Waals surface area (Å²) >= 11 is 0. The Morgan fingerprint density at radius 2 is 2.08 bits per heavy atom. The Hall–Kier alpha value is -1.48. The van der Waals surface area contributed by atoms with E-state index in [9.17, 15) is 4.79 Å². The number of hydrogen-bond acceptors (Lipinski definition) is 2. The minimum absolute atomic E-state index is 0.202. The van der Waals surface area contributed by atoms with E-state index in [2.05, 4.69) is 4.99 Å². The Labute approximate surface area is 69.9 Å². The molecule has 1 amide bonds. The molecule has 0 saturated heterocycles. The van der Waals surface area contributed by atoms with E-state index in [4.69, 9.17) is 5.73 Å². The van der Waals surface area contributed by atoms with Crippen molar-refractivity contribution in [3.8, 4) is 0 Å². The number of amides is 1. The zero-order chi connectivity index (χ0) is 8.55. The first-order chi connectivity index (χ1) is 5.79. The van der Waals surface area contributed by atoms with E-state index in [1.165, 1.54) is 6.21 Å². The van der Waals surface area contributed by atoms with Crippen molar-refractivity contribution in [1.82, 2.24) is 0 Å². The van der Waals surface area contributed by atoms with E-state index in [0.29, 0.717) is 5.56 Å². The third-order valence-electron chi connectivity index (χ3n) is 1.90. The number of hydrogen-bond donors (Lipinski definition) is 1. The lowest BCUT2D eigenvalue weighted by Gasteiger charge is -2.13. The molecular weight excluding hydrogens is 152 g/mol. The molecular formula is C9H8N2O. The molecule has 0 fully saturated rings. The van der Waals surface area contributed by atoms with Crippen molar-refractivity contribution < 1.29 is 4.79 Å². The number of fused-ring (bicyclic) bond motifs is 1. The van der Waals surface area contributed by atoms with E-state index in [1.807, 2.05) is 18.2 Å². The van der Waals surface area contributed by atoms with Crippen molar-refractivity contribution in [1.29, 1.82) is 0 Å². The second-order valence-electron chi connectivity index (χ2n) is 2.70. The Bertz CT molecular complexity index is 357. The van der Waals surface area contributed by atoms with Crippen LogP contribution < -0.4 is 5.73 Å². The smallest absolute Gasteiger partial charge is 0.277 e. The van der Waals surface area contributed by atoms with Gasteiger partial charge in [0.05, 0.1) is 6.04 Å². The van der Waals surface area contributed by atoms with Crippen LogP contribution in [0.2, 0.25) is 0 Å². The molecule has 2 rings (SSSR count). The molecule has 60 valence electrons. The lowest BCUT2D eigenvalue weighted by atomic mass is 9.99. The highest BCUT2D eigenvalue weighted by Crippen LogP contribution is 2.19. The van der Waals surface area contributed by atoms with Crippen molar-refractivity contribution in [3.05, 3.63) is 35.4 Å². The minimum Gasteiger partial charge on any atom is -0.319 e. The van der Waals surface area contributed by atoms with Gasteiger partial charge in [0.1, 0.15) is 0 Å². The zero-order valence-corrected chi connectivity index (χ0v) is 6.40. The number of benzene rings is 1. The van der Waals surface area contributed by atoms with Crippen LogP contribution in [0.3, 0.4) is 0 Å². The van der Waals surface area contributed by atoms with Gasteiger partial charge in [0.2, 0.25) is 0 Å². The number of carbonyl (C=O) groups excluding carboxylic acids is 1. The van der Waals surface area contributed by atoms with Gasteiger partial charge in [-0.15, -0.1) is 0 Å². The lowest BCUT2D eigenvalue weighted by Crippen LogP contribution is -2.20. The second kappa shape index (κ2) is 2.53. The maximum absolute atomic E-state index is 11.2. The predicted molar refractivity (Wildman–Crippen MR) is 46.2 cm³/mol. The molecule has 3 nitrogen and oxygen atoms in total. The molecule has 2 N–H and O–H groups in total. The highest BCUT2D eigenvalue weighted by atomic mass is 16.1. The molecule has 12 heavy (non-hydrogen) atoms. The van der Waals surface area contributed by atoms with Gasteiger partial charge in [-0.05, 0) is 11.6 Å². The van der Waals surface area contributed by atoms with Crippen LogP contribution in [0.5, 0.6) is 0 Å². The average Bonchev–Trinajstić information content (AvgIpc) is 2.12. The number of nitrogens with two attached hydrogens (primary N) is 1.